The van der Waals surface area contributed by atoms with Crippen molar-refractivity contribution in [2.75, 3.05) is 58.1 Å². The summed E-state index contributed by atoms with van der Waals surface area (Å²) >= 11 is 0. The van der Waals surface area contributed by atoms with E-state index < -0.39 is 5.60 Å². The zero-order valence-electron chi connectivity index (χ0n) is 56.8. The highest BCUT2D eigenvalue weighted by Crippen LogP contribution is 2.57. The Kier molecular flexibility index (Phi) is 19.5. The maximum absolute atomic E-state index is 12.4. The Morgan fingerprint density at radius 1 is 0.435 bits per heavy atom. The highest BCUT2D eigenvalue weighted by Gasteiger charge is 2.52. The first kappa shape index (κ1) is 66.4. The molecular weight excluding hydrogens is 1050 g/mol. The number of ether oxygens (including phenoxy) is 1. The molecule has 1 saturated carbocycles. The van der Waals surface area contributed by atoms with Gasteiger partial charge in [0, 0.05) is 74.7 Å². The molecule has 1 aliphatic carbocycles. The normalized spacial score (nSPS) is 17.1. The number of hydrogen-bond acceptors (Lipinski definition) is 6. The number of benzene rings is 5. The summed E-state index contributed by atoms with van der Waals surface area (Å²) in [4.78, 5) is 41.4. The van der Waals surface area contributed by atoms with Crippen molar-refractivity contribution in [2.45, 2.75) is 247 Å². The van der Waals surface area contributed by atoms with Gasteiger partial charge >= 0.3 is 6.09 Å². The van der Waals surface area contributed by atoms with Gasteiger partial charge in [0.05, 0.1) is 5.69 Å². The van der Waals surface area contributed by atoms with Crippen molar-refractivity contribution in [2.24, 2.45) is 0 Å². The molecule has 0 atom stereocenters. The second-order valence-corrected chi connectivity index (χ2v) is 31.9. The third-order valence-electron chi connectivity index (χ3n) is 17.9. The fraction of sp³-hybridized carbons (Fsp3) is 0.566. The third kappa shape index (κ3) is 16.5. The molecule has 0 saturated heterocycles. The first-order valence-corrected chi connectivity index (χ1v) is 31.9. The van der Waals surface area contributed by atoms with Gasteiger partial charge in [0.2, 0.25) is 11.8 Å². The lowest BCUT2D eigenvalue weighted by atomic mass is 9.76. The lowest BCUT2D eigenvalue weighted by Gasteiger charge is -2.34. The Labute approximate surface area is 514 Å². The number of amides is 3. The van der Waals surface area contributed by atoms with E-state index in [4.69, 9.17) is 4.74 Å². The van der Waals surface area contributed by atoms with Gasteiger partial charge in [-0.25, -0.2) is 4.79 Å². The first-order valence-electron chi connectivity index (χ1n) is 31.9. The molecule has 11 rings (SSSR count). The Balaban J connectivity index is 0.000000153. The number of nitrogens with one attached hydrogen (secondary N) is 2. The summed E-state index contributed by atoms with van der Waals surface area (Å²) in [6.07, 6.45) is 8.94. The van der Waals surface area contributed by atoms with Gasteiger partial charge in [-0.1, -0.05) is 178 Å². The van der Waals surface area contributed by atoms with E-state index in [-0.39, 0.29) is 45.0 Å². The molecule has 6 aliphatic rings. The molecule has 462 valence electrons. The van der Waals surface area contributed by atoms with E-state index in [9.17, 15) is 14.4 Å². The number of rotatable bonds is 0. The highest BCUT2D eigenvalue weighted by molar-refractivity contribution is 5.96. The summed E-state index contributed by atoms with van der Waals surface area (Å²) < 4.78 is 5.55. The average molecular weight is 1160 g/mol. The largest absolute Gasteiger partial charge is 0.443 e. The number of nitrogens with zero attached hydrogens (tertiary/aromatic N) is 3. The predicted molar refractivity (Wildman–Crippen MR) is 361 cm³/mol. The summed E-state index contributed by atoms with van der Waals surface area (Å²) in [5.41, 5.74) is 20.5. The molecule has 0 aromatic heterocycles. The van der Waals surface area contributed by atoms with Crippen LogP contribution in [0.1, 0.15) is 240 Å². The monoisotopic (exact) mass is 1160 g/mol. The van der Waals surface area contributed by atoms with E-state index >= 15 is 0 Å². The quantitative estimate of drug-likeness (QED) is 0.160. The molecule has 5 aliphatic heterocycles. The van der Waals surface area contributed by atoms with Crippen LogP contribution in [0.15, 0.2) is 91.0 Å². The standard InChI is InChI=1S/C18H27NO2.C16H21NO.C15H23N.C14H19NO.C13H19N/c1-17(2,3)14-10-9-13-8-7-11-19(15(13)12-14)16(20)21-18(4,5)6;1-11(18)17-10-16(7-8-16)13-6-5-12(9-14(13)17)15(2,3)4;1-14(2,3)11-6-7-12-13(10-11)16-9-8-15(12,4)5;1-10(16)15-8-7-11-5-6-12(9-13(11)15)14(2,3)4;1-13(2,3)11-7-6-10-5-4-8-14-12(10)9-11/h9-10,12H,7-8,11H2,1-6H3;5-6,9H,7-8,10H2,1-4H3;6-7,10,16H,8-9H2,1-5H3;5-6,9H,7-8H2,1-4H3;6-7,9,14H,4-5,8H2,1-3H3. The Bertz CT molecular complexity index is 3210. The van der Waals surface area contributed by atoms with Gasteiger partial charge in [0.25, 0.3) is 0 Å². The van der Waals surface area contributed by atoms with Crippen LogP contribution in [-0.4, -0.2) is 56.2 Å². The van der Waals surface area contributed by atoms with Crippen LogP contribution in [0, 0.1) is 0 Å². The lowest BCUT2D eigenvalue weighted by Crippen LogP contribution is -2.40. The lowest BCUT2D eigenvalue weighted by molar-refractivity contribution is -0.117. The summed E-state index contributed by atoms with van der Waals surface area (Å²) in [7, 11) is 0. The van der Waals surface area contributed by atoms with Crippen LogP contribution >= 0.6 is 0 Å². The zero-order chi connectivity index (χ0) is 63.0. The maximum Gasteiger partial charge on any atom is 0.414 e. The van der Waals surface area contributed by atoms with Crippen molar-refractivity contribution < 1.29 is 19.1 Å². The number of fused-ring (bicyclic) bond motifs is 6. The van der Waals surface area contributed by atoms with Crippen LogP contribution in [0.25, 0.3) is 0 Å². The van der Waals surface area contributed by atoms with Crippen LogP contribution in [0.4, 0.5) is 33.2 Å². The van der Waals surface area contributed by atoms with Crippen molar-refractivity contribution >= 4 is 46.3 Å². The van der Waals surface area contributed by atoms with E-state index in [0.29, 0.717) is 10.8 Å². The van der Waals surface area contributed by atoms with Crippen LogP contribution in [0.2, 0.25) is 0 Å². The predicted octanol–water partition coefficient (Wildman–Crippen LogP) is 18.4. The van der Waals surface area contributed by atoms with Gasteiger partial charge in [0.1, 0.15) is 5.60 Å². The molecule has 5 aromatic carbocycles. The van der Waals surface area contributed by atoms with Gasteiger partial charge in [0.15, 0.2) is 0 Å². The van der Waals surface area contributed by atoms with E-state index in [1.54, 1.807) is 18.7 Å². The van der Waals surface area contributed by atoms with E-state index in [0.717, 1.165) is 69.0 Å². The number of anilines is 5. The molecule has 1 spiro atoms. The van der Waals surface area contributed by atoms with Crippen molar-refractivity contribution in [1.82, 2.24) is 0 Å². The second-order valence-electron chi connectivity index (χ2n) is 31.9. The molecule has 0 radical (unpaired) electrons. The minimum absolute atomic E-state index is 0.0755. The minimum Gasteiger partial charge on any atom is -0.443 e. The molecular formula is C76H109N5O4. The molecule has 85 heavy (non-hydrogen) atoms. The fourth-order valence-corrected chi connectivity index (χ4v) is 12.0. The molecule has 5 heterocycles. The van der Waals surface area contributed by atoms with Crippen LogP contribution < -0.4 is 25.3 Å². The maximum atomic E-state index is 12.4. The van der Waals surface area contributed by atoms with Gasteiger partial charge in [-0.2, -0.15) is 0 Å². The van der Waals surface area contributed by atoms with Crippen molar-refractivity contribution in [3.05, 3.63) is 147 Å². The zero-order valence-corrected chi connectivity index (χ0v) is 56.8. The van der Waals surface area contributed by atoms with E-state index in [1.165, 1.54) is 99.1 Å². The first-order chi connectivity index (χ1) is 39.2. The Morgan fingerprint density at radius 3 is 1.35 bits per heavy atom. The van der Waals surface area contributed by atoms with Crippen LogP contribution in [0.5, 0.6) is 0 Å². The van der Waals surface area contributed by atoms with Crippen LogP contribution in [-0.2, 0) is 71.5 Å². The molecule has 2 N–H and O–H groups in total. The average Bonchev–Trinajstić information content (AvgIpc) is 1.69. The van der Waals surface area contributed by atoms with Crippen molar-refractivity contribution in [1.29, 1.82) is 0 Å². The highest BCUT2D eigenvalue weighted by atomic mass is 16.6. The van der Waals surface area contributed by atoms with E-state index in [2.05, 4.69) is 219 Å². The van der Waals surface area contributed by atoms with Gasteiger partial charge < -0.3 is 25.2 Å². The van der Waals surface area contributed by atoms with Crippen molar-refractivity contribution in [3.63, 3.8) is 0 Å². The Morgan fingerprint density at radius 2 is 0.859 bits per heavy atom. The second kappa shape index (κ2) is 24.9. The fourth-order valence-electron chi connectivity index (χ4n) is 12.0. The molecule has 0 unspecified atom stereocenters. The smallest absolute Gasteiger partial charge is 0.414 e. The minimum atomic E-state index is -0.462. The Hall–Kier alpha value is -6.09. The SMILES string of the molecule is CC(=O)N1CC2(CC2)c2ccc(C(C)(C)C)cc21.CC(=O)N1CCc2ccc(C(C)(C)C)cc21.CC(C)(C)OC(=O)N1CCCc2ccc(C(C)(C)C)cc21.CC(C)(C)c1ccc2c(c1)NCCC2.CC(C)(C)c1ccc2c(c1)NCCC2(C)C. The number of carbonyl (C=O) groups is 3. The van der Waals surface area contributed by atoms with Crippen LogP contribution in [0.3, 0.4) is 0 Å². The number of aryl methyl sites for hydroxylation is 2. The summed E-state index contributed by atoms with van der Waals surface area (Å²) in [5.74, 6) is 0.316. The van der Waals surface area contributed by atoms with Crippen molar-refractivity contribution in [3.8, 4) is 0 Å². The molecule has 1 fully saturated rings. The molecule has 9 nitrogen and oxygen atoms in total. The van der Waals surface area contributed by atoms with Gasteiger partial charge in [-0.3, -0.25) is 14.5 Å². The number of carbonyl (C=O) groups excluding carboxylic acids is 3. The summed E-state index contributed by atoms with van der Waals surface area (Å²) in [6.45, 7) is 51.8. The molecule has 9 heteroatoms. The van der Waals surface area contributed by atoms with Gasteiger partial charge in [-0.05, 0) is 191 Å². The summed E-state index contributed by atoms with van der Waals surface area (Å²) in [5, 5.41) is 7.01. The molecule has 0 bridgehead atoms. The molecule has 5 aromatic rings. The molecule has 3 amide bonds. The third-order valence-corrected chi connectivity index (χ3v) is 17.9. The van der Waals surface area contributed by atoms with Gasteiger partial charge in [-0.15, -0.1) is 0 Å². The summed E-state index contributed by atoms with van der Waals surface area (Å²) in [6, 6.07) is 33.5. The van der Waals surface area contributed by atoms with E-state index in [1.807, 2.05) is 30.6 Å². The topological polar surface area (TPSA) is 94.2 Å². The number of hydrogen-bond donors (Lipinski definition) is 2.